The van der Waals surface area contributed by atoms with E-state index in [9.17, 15) is 13.2 Å². The molecule has 1 amide bonds. The summed E-state index contributed by atoms with van der Waals surface area (Å²) in [6.07, 6.45) is 1.32. The van der Waals surface area contributed by atoms with Crippen LogP contribution in [0.25, 0.3) is 0 Å². The highest BCUT2D eigenvalue weighted by molar-refractivity contribution is 7.89. The molecule has 1 heterocycles. The van der Waals surface area contributed by atoms with Crippen LogP contribution in [-0.4, -0.2) is 24.8 Å². The van der Waals surface area contributed by atoms with Crippen LogP contribution in [0.15, 0.2) is 93.3 Å². The normalized spacial score (nSPS) is 11.8. The molecule has 0 unspecified atom stereocenters. The van der Waals surface area contributed by atoms with Crippen LogP contribution in [0, 0.1) is 13.8 Å². The summed E-state index contributed by atoms with van der Waals surface area (Å²) in [6, 6.07) is 22.3. The Morgan fingerprint density at radius 3 is 2.24 bits per heavy atom. The van der Waals surface area contributed by atoms with Gasteiger partial charge in [-0.3, -0.25) is 4.79 Å². The van der Waals surface area contributed by atoms with E-state index in [1.165, 1.54) is 22.7 Å². The summed E-state index contributed by atoms with van der Waals surface area (Å²) in [5, 5.41) is 4.53. The van der Waals surface area contributed by atoms with Gasteiger partial charge < -0.3 is 4.42 Å². The van der Waals surface area contributed by atoms with Crippen molar-refractivity contribution in [1.29, 1.82) is 0 Å². The summed E-state index contributed by atoms with van der Waals surface area (Å²) >= 11 is 11.9. The molecule has 0 fully saturated rings. The van der Waals surface area contributed by atoms with Crippen molar-refractivity contribution < 1.29 is 17.6 Å². The lowest BCUT2D eigenvalue weighted by molar-refractivity contribution is 0.0955. The van der Waals surface area contributed by atoms with Gasteiger partial charge in [-0.15, -0.1) is 0 Å². The molecule has 0 saturated carbocycles. The van der Waals surface area contributed by atoms with Crippen LogP contribution in [0.4, 0.5) is 0 Å². The topological polar surface area (TPSA) is 92.0 Å². The monoisotopic (exact) mass is 569 g/mol. The Hall–Kier alpha value is -3.43. The Kier molecular flexibility index (Phi) is 8.69. The van der Waals surface area contributed by atoms with E-state index < -0.39 is 15.9 Å². The number of hydrogen-bond acceptors (Lipinski definition) is 5. The lowest BCUT2D eigenvalue weighted by Crippen LogP contribution is -2.30. The highest BCUT2D eigenvalue weighted by Gasteiger charge is 2.26. The molecule has 0 aliphatic rings. The molecule has 4 rings (SSSR count). The average Bonchev–Trinajstić information content (AvgIpc) is 3.32. The van der Waals surface area contributed by atoms with E-state index in [-0.39, 0.29) is 28.6 Å². The largest absolute Gasteiger partial charge is 0.459 e. The number of sulfonamides is 1. The van der Waals surface area contributed by atoms with Crippen molar-refractivity contribution in [1.82, 2.24) is 9.73 Å². The summed E-state index contributed by atoms with van der Waals surface area (Å²) in [5.74, 6) is 0.245. The first kappa shape index (κ1) is 27.6. The molecule has 0 aliphatic heterocycles. The minimum atomic E-state index is -3.82. The number of hydrogen-bond donors (Lipinski definition) is 1. The first-order chi connectivity index (χ1) is 18.1. The zero-order valence-corrected chi connectivity index (χ0v) is 23.0. The SMILES string of the molecule is Cc1ccc(CN(Cc2ccc(/C=N\NC(=O)c3ccc(Cl)cc3Cl)o2)S(=O)(=O)c2ccc(C)cc2)cc1. The van der Waals surface area contributed by atoms with Gasteiger partial charge in [0.15, 0.2) is 0 Å². The summed E-state index contributed by atoms with van der Waals surface area (Å²) < 4.78 is 34.3. The molecule has 1 aromatic heterocycles. The predicted octanol–water partition coefficient (Wildman–Crippen LogP) is 6.36. The van der Waals surface area contributed by atoms with E-state index in [2.05, 4.69) is 10.5 Å². The molecule has 38 heavy (non-hydrogen) atoms. The molecule has 196 valence electrons. The number of amides is 1. The lowest BCUT2D eigenvalue weighted by atomic mass is 10.1. The van der Waals surface area contributed by atoms with Crippen LogP contribution >= 0.6 is 23.2 Å². The van der Waals surface area contributed by atoms with Crippen molar-refractivity contribution in [3.63, 3.8) is 0 Å². The Morgan fingerprint density at radius 2 is 1.58 bits per heavy atom. The number of halogens is 2. The van der Waals surface area contributed by atoms with Crippen LogP contribution < -0.4 is 5.43 Å². The van der Waals surface area contributed by atoms with Gasteiger partial charge in [0.25, 0.3) is 5.91 Å². The van der Waals surface area contributed by atoms with Gasteiger partial charge in [-0.2, -0.15) is 9.41 Å². The second kappa shape index (κ2) is 12.0. The molecule has 0 aliphatic carbocycles. The fourth-order valence-corrected chi connectivity index (χ4v) is 5.48. The Balaban J connectivity index is 1.50. The van der Waals surface area contributed by atoms with Crippen molar-refractivity contribution in [2.75, 3.05) is 0 Å². The molecule has 7 nitrogen and oxygen atoms in total. The third-order valence-corrected chi connectivity index (χ3v) is 8.04. The smallest absolute Gasteiger partial charge is 0.272 e. The zero-order chi connectivity index (χ0) is 27.3. The van der Waals surface area contributed by atoms with Crippen LogP contribution in [0.2, 0.25) is 10.0 Å². The maximum atomic E-state index is 13.5. The molecule has 0 radical (unpaired) electrons. The van der Waals surface area contributed by atoms with Crippen LogP contribution in [-0.2, 0) is 23.1 Å². The van der Waals surface area contributed by atoms with Gasteiger partial charge >= 0.3 is 0 Å². The highest BCUT2D eigenvalue weighted by Crippen LogP contribution is 2.23. The third-order valence-electron chi connectivity index (χ3n) is 5.69. The van der Waals surface area contributed by atoms with E-state index in [0.29, 0.717) is 16.5 Å². The molecule has 0 atom stereocenters. The fourth-order valence-electron chi connectivity index (χ4n) is 3.59. The van der Waals surface area contributed by atoms with Gasteiger partial charge in [-0.1, -0.05) is 70.7 Å². The van der Waals surface area contributed by atoms with Gasteiger partial charge in [0.1, 0.15) is 11.5 Å². The molecule has 1 N–H and O–H groups in total. The van der Waals surface area contributed by atoms with E-state index in [0.717, 1.165) is 16.7 Å². The van der Waals surface area contributed by atoms with E-state index in [4.69, 9.17) is 27.6 Å². The highest BCUT2D eigenvalue weighted by atomic mass is 35.5. The maximum absolute atomic E-state index is 13.5. The van der Waals surface area contributed by atoms with Crippen molar-refractivity contribution >= 4 is 45.3 Å². The van der Waals surface area contributed by atoms with Crippen molar-refractivity contribution in [3.8, 4) is 0 Å². The molecule has 10 heteroatoms. The lowest BCUT2D eigenvalue weighted by Gasteiger charge is -2.21. The number of carbonyl (C=O) groups excluding carboxylic acids is 1. The molecular formula is C28H25Cl2N3O4S. The second-order valence-corrected chi connectivity index (χ2v) is 11.5. The Morgan fingerprint density at radius 1 is 0.921 bits per heavy atom. The summed E-state index contributed by atoms with van der Waals surface area (Å²) in [5.41, 5.74) is 5.51. The predicted molar refractivity (Wildman–Crippen MR) is 149 cm³/mol. The summed E-state index contributed by atoms with van der Waals surface area (Å²) in [6.45, 7) is 4.05. The number of furan rings is 1. The first-order valence-electron chi connectivity index (χ1n) is 11.6. The number of nitrogens with one attached hydrogen (secondary N) is 1. The number of carbonyl (C=O) groups is 1. The molecule has 0 bridgehead atoms. The number of hydrazone groups is 1. The van der Waals surface area contributed by atoms with Crippen LogP contribution in [0.1, 0.15) is 38.6 Å². The standard InChI is InChI=1S/C28H25Cl2N3O4S/c1-19-3-7-21(8-4-19)17-33(38(35,36)25-12-5-20(2)6-13-25)18-24-11-10-23(37-24)16-31-32-28(34)26-14-9-22(29)15-27(26)30/h3-16H,17-18H2,1-2H3,(H,32,34)/b31-16-. The van der Waals surface area contributed by atoms with Crippen molar-refractivity contribution in [2.24, 2.45) is 5.10 Å². The van der Waals surface area contributed by atoms with Gasteiger partial charge in [0.2, 0.25) is 10.0 Å². The van der Waals surface area contributed by atoms with Crippen molar-refractivity contribution in [2.45, 2.75) is 31.8 Å². The maximum Gasteiger partial charge on any atom is 0.272 e. The molecule has 4 aromatic rings. The van der Waals surface area contributed by atoms with Crippen molar-refractivity contribution in [3.05, 3.63) is 123 Å². The minimum absolute atomic E-state index is 0.00463. The molecule has 0 saturated heterocycles. The molecule has 0 spiro atoms. The van der Waals surface area contributed by atoms with Crippen LogP contribution in [0.5, 0.6) is 0 Å². The Labute approximate surface area is 231 Å². The van der Waals surface area contributed by atoms with Gasteiger partial charge in [-0.05, 0) is 61.9 Å². The van der Waals surface area contributed by atoms with E-state index in [1.807, 2.05) is 38.1 Å². The average molecular weight is 570 g/mol. The first-order valence-corrected chi connectivity index (χ1v) is 13.8. The minimum Gasteiger partial charge on any atom is -0.459 e. The summed E-state index contributed by atoms with van der Waals surface area (Å²) in [4.78, 5) is 12.5. The van der Waals surface area contributed by atoms with E-state index in [1.54, 1.807) is 42.5 Å². The second-order valence-electron chi connectivity index (χ2n) is 8.70. The van der Waals surface area contributed by atoms with Gasteiger partial charge in [-0.25, -0.2) is 13.8 Å². The third kappa shape index (κ3) is 6.90. The van der Waals surface area contributed by atoms with E-state index >= 15 is 0 Å². The number of benzene rings is 3. The van der Waals surface area contributed by atoms with Crippen LogP contribution in [0.3, 0.4) is 0 Å². The quantitative estimate of drug-likeness (QED) is 0.187. The van der Waals surface area contributed by atoms with Gasteiger partial charge in [0, 0.05) is 11.6 Å². The Bertz CT molecular complexity index is 1560. The molecule has 3 aromatic carbocycles. The number of aryl methyl sites for hydroxylation is 2. The molecular weight excluding hydrogens is 545 g/mol. The fraction of sp³-hybridized carbons (Fsp3) is 0.143. The number of rotatable bonds is 9. The zero-order valence-electron chi connectivity index (χ0n) is 20.7. The van der Waals surface area contributed by atoms with Gasteiger partial charge in [0.05, 0.1) is 28.2 Å². The number of nitrogens with zero attached hydrogens (tertiary/aromatic N) is 2. The summed E-state index contributed by atoms with van der Waals surface area (Å²) in [7, 11) is -3.82.